The van der Waals surface area contributed by atoms with E-state index in [2.05, 4.69) is 4.98 Å². The number of rotatable bonds is 7. The highest BCUT2D eigenvalue weighted by Crippen LogP contribution is 2.22. The molecule has 2 aromatic rings. The molecule has 0 aliphatic heterocycles. The zero-order chi connectivity index (χ0) is 19.6. The second-order valence-corrected chi connectivity index (χ2v) is 8.77. The van der Waals surface area contributed by atoms with Crippen LogP contribution in [0.3, 0.4) is 0 Å². The fourth-order valence-electron chi connectivity index (χ4n) is 2.62. The first-order valence-electron chi connectivity index (χ1n) is 8.43. The van der Waals surface area contributed by atoms with E-state index in [9.17, 15) is 13.2 Å². The molecule has 1 aromatic carbocycles. The first-order chi connectivity index (χ1) is 12.1. The highest BCUT2D eigenvalue weighted by atomic mass is 32.2. The lowest BCUT2D eigenvalue weighted by Gasteiger charge is -2.23. The first-order valence-corrected chi connectivity index (χ1v) is 9.87. The molecule has 9 heteroatoms. The van der Waals surface area contributed by atoms with Gasteiger partial charge >= 0.3 is 0 Å². The van der Waals surface area contributed by atoms with Gasteiger partial charge in [0.2, 0.25) is 15.9 Å². The minimum atomic E-state index is -3.51. The van der Waals surface area contributed by atoms with Gasteiger partial charge in [0.25, 0.3) is 0 Å². The smallest absolute Gasteiger partial charge is 0.242 e. The molecular weight excluding hydrogens is 354 g/mol. The maximum atomic E-state index is 12.3. The highest BCUT2D eigenvalue weighted by Gasteiger charge is 2.20. The van der Waals surface area contributed by atoms with Gasteiger partial charge in [-0.1, -0.05) is 0 Å². The van der Waals surface area contributed by atoms with Gasteiger partial charge in [-0.2, -0.15) is 0 Å². The lowest BCUT2D eigenvalue weighted by molar-refractivity contribution is -0.131. The Morgan fingerprint density at radius 1 is 1.31 bits per heavy atom. The number of aromatic nitrogens is 2. The van der Waals surface area contributed by atoms with Crippen LogP contribution in [0.15, 0.2) is 23.1 Å². The van der Waals surface area contributed by atoms with Gasteiger partial charge in [0.1, 0.15) is 5.82 Å². The molecule has 0 bridgehead atoms. The molecule has 0 saturated heterocycles. The van der Waals surface area contributed by atoms with Gasteiger partial charge in [-0.25, -0.2) is 17.7 Å². The van der Waals surface area contributed by atoms with Gasteiger partial charge in [-0.05, 0) is 25.1 Å². The second kappa shape index (κ2) is 7.73. The average Bonchev–Trinajstić information content (AvgIpc) is 2.93. The van der Waals surface area contributed by atoms with Crippen LogP contribution in [0.5, 0.6) is 0 Å². The molecule has 26 heavy (non-hydrogen) atoms. The molecule has 144 valence electrons. The molecule has 0 radical (unpaired) electrons. The van der Waals surface area contributed by atoms with Crippen molar-refractivity contribution in [3.8, 4) is 0 Å². The number of sulfonamides is 1. The normalized spacial score (nSPS) is 13.3. The van der Waals surface area contributed by atoms with Crippen LogP contribution in [-0.4, -0.2) is 66.8 Å². The minimum absolute atomic E-state index is 0.00545. The average molecular weight is 382 g/mol. The molecule has 0 unspecified atom stereocenters. The van der Waals surface area contributed by atoms with Crippen LogP contribution in [0.1, 0.15) is 19.2 Å². The van der Waals surface area contributed by atoms with E-state index in [1.54, 1.807) is 30.1 Å². The summed E-state index contributed by atoms with van der Waals surface area (Å²) < 4.78 is 27.6. The Bertz CT molecular complexity index is 905. The molecule has 1 heterocycles. The maximum absolute atomic E-state index is 12.3. The summed E-state index contributed by atoms with van der Waals surface area (Å²) in [5.74, 6) is 0.743. The Morgan fingerprint density at radius 2 is 1.96 bits per heavy atom. The Labute approximate surface area is 154 Å². The van der Waals surface area contributed by atoms with Gasteiger partial charge < -0.3 is 15.2 Å². The number of nitrogens with zero attached hydrogens (tertiary/aromatic N) is 4. The highest BCUT2D eigenvalue weighted by molar-refractivity contribution is 7.89. The van der Waals surface area contributed by atoms with Crippen LogP contribution >= 0.6 is 0 Å². The Hall–Kier alpha value is -1.97. The third-order valence-corrected chi connectivity index (χ3v) is 6.49. The summed E-state index contributed by atoms with van der Waals surface area (Å²) in [6.45, 7) is 2.32. The number of likely N-dealkylation sites (N-methyl/N-ethyl adjacent to an activating group) is 1. The summed E-state index contributed by atoms with van der Waals surface area (Å²) in [4.78, 5) is 18.6. The summed E-state index contributed by atoms with van der Waals surface area (Å²) in [7, 11) is 3.08. The number of carbonyl (C=O) groups excluding carboxylic acids is 1. The molecule has 0 fully saturated rings. The third-order valence-electron chi connectivity index (χ3n) is 4.68. The minimum Gasteiger partial charge on any atom is -0.342 e. The SMILES string of the molecule is C[C@@H](CN)N(C)C(=O)CCc1nc2cc(S(=O)(=O)N(C)C)ccc2n1C. The third kappa shape index (κ3) is 3.89. The molecular formula is C17H27N5O3S. The molecule has 1 amide bonds. The Morgan fingerprint density at radius 3 is 2.54 bits per heavy atom. The molecule has 0 spiro atoms. The van der Waals surface area contributed by atoms with Gasteiger partial charge in [-0.3, -0.25) is 4.79 Å². The van der Waals surface area contributed by atoms with Crippen molar-refractivity contribution >= 4 is 27.0 Å². The van der Waals surface area contributed by atoms with Crippen LogP contribution in [-0.2, 0) is 28.3 Å². The maximum Gasteiger partial charge on any atom is 0.242 e. The summed E-state index contributed by atoms with van der Waals surface area (Å²) >= 11 is 0. The monoisotopic (exact) mass is 381 g/mol. The zero-order valence-electron chi connectivity index (χ0n) is 15.9. The predicted octanol–water partition coefficient (Wildman–Crippen LogP) is 0.562. The van der Waals surface area contributed by atoms with Crippen LogP contribution < -0.4 is 5.73 Å². The molecule has 0 saturated carbocycles. The van der Waals surface area contributed by atoms with E-state index in [0.29, 0.717) is 24.9 Å². The van der Waals surface area contributed by atoms with Crippen molar-refractivity contribution in [2.75, 3.05) is 27.7 Å². The molecule has 0 aliphatic carbocycles. The molecule has 2 N–H and O–H groups in total. The number of hydrogen-bond donors (Lipinski definition) is 1. The number of nitrogens with two attached hydrogens (primary N) is 1. The first kappa shape index (κ1) is 20.3. The molecule has 1 atom stereocenters. The van der Waals surface area contributed by atoms with E-state index in [4.69, 9.17) is 5.73 Å². The topological polar surface area (TPSA) is 102 Å². The molecule has 1 aromatic heterocycles. The van der Waals surface area contributed by atoms with Crippen molar-refractivity contribution in [1.82, 2.24) is 18.8 Å². The fourth-order valence-corrected chi connectivity index (χ4v) is 3.55. The van der Waals surface area contributed by atoms with E-state index in [1.165, 1.54) is 18.4 Å². The van der Waals surface area contributed by atoms with Crippen molar-refractivity contribution in [3.05, 3.63) is 24.0 Å². The van der Waals surface area contributed by atoms with Crippen LogP contribution in [0.4, 0.5) is 0 Å². The van der Waals surface area contributed by atoms with E-state index >= 15 is 0 Å². The number of aryl methyl sites for hydroxylation is 2. The van der Waals surface area contributed by atoms with Crippen molar-refractivity contribution in [2.45, 2.75) is 30.7 Å². The molecule has 8 nitrogen and oxygen atoms in total. The van der Waals surface area contributed by atoms with E-state index < -0.39 is 10.0 Å². The van der Waals surface area contributed by atoms with Crippen LogP contribution in [0, 0.1) is 0 Å². The quantitative estimate of drug-likeness (QED) is 0.755. The number of carbonyl (C=O) groups is 1. The summed E-state index contributed by atoms with van der Waals surface area (Å²) in [5.41, 5.74) is 7.03. The van der Waals surface area contributed by atoms with Gasteiger partial charge in [0.15, 0.2) is 0 Å². The number of hydrogen-bond acceptors (Lipinski definition) is 5. The summed E-state index contributed by atoms with van der Waals surface area (Å²) in [5, 5.41) is 0. The van der Waals surface area contributed by atoms with Crippen LogP contribution in [0.25, 0.3) is 11.0 Å². The van der Waals surface area contributed by atoms with Crippen molar-refractivity contribution in [2.24, 2.45) is 12.8 Å². The van der Waals surface area contributed by atoms with E-state index in [1.807, 2.05) is 18.5 Å². The fraction of sp³-hybridized carbons (Fsp3) is 0.529. The second-order valence-electron chi connectivity index (χ2n) is 6.61. The van der Waals surface area contributed by atoms with Gasteiger partial charge in [0, 0.05) is 53.6 Å². The Balaban J connectivity index is 2.25. The van der Waals surface area contributed by atoms with E-state index in [-0.39, 0.29) is 16.8 Å². The number of imidazole rings is 1. The largest absolute Gasteiger partial charge is 0.342 e. The summed E-state index contributed by atoms with van der Waals surface area (Å²) in [6.07, 6.45) is 0.794. The van der Waals surface area contributed by atoms with Gasteiger partial charge in [-0.15, -0.1) is 0 Å². The summed E-state index contributed by atoms with van der Waals surface area (Å²) in [6, 6.07) is 4.87. The van der Waals surface area contributed by atoms with Crippen molar-refractivity contribution in [3.63, 3.8) is 0 Å². The zero-order valence-corrected chi connectivity index (χ0v) is 16.7. The van der Waals surface area contributed by atoms with Crippen molar-refractivity contribution < 1.29 is 13.2 Å². The predicted molar refractivity (Wildman–Crippen MR) is 101 cm³/mol. The standard InChI is InChI=1S/C17H27N5O3S/c1-12(11-18)21(4)17(23)9-8-16-19-14-10-13(26(24,25)20(2)3)6-7-15(14)22(16)5/h6-7,10,12H,8-9,11,18H2,1-5H3/t12-/m0/s1. The van der Waals surface area contributed by atoms with Crippen molar-refractivity contribution in [1.29, 1.82) is 0 Å². The number of fused-ring (bicyclic) bond motifs is 1. The lowest BCUT2D eigenvalue weighted by Crippen LogP contribution is -2.39. The lowest BCUT2D eigenvalue weighted by atomic mass is 10.2. The van der Waals surface area contributed by atoms with E-state index in [0.717, 1.165) is 11.3 Å². The Kier molecular flexibility index (Phi) is 6.05. The van der Waals surface area contributed by atoms with Crippen LogP contribution in [0.2, 0.25) is 0 Å². The number of amides is 1. The van der Waals surface area contributed by atoms with Gasteiger partial charge in [0.05, 0.1) is 15.9 Å². The number of benzene rings is 1. The molecule has 0 aliphatic rings. The molecule has 2 rings (SSSR count).